The van der Waals surface area contributed by atoms with Gasteiger partial charge < -0.3 is 9.32 Å². The summed E-state index contributed by atoms with van der Waals surface area (Å²) in [5.74, 6) is 0. The van der Waals surface area contributed by atoms with Gasteiger partial charge in [0, 0.05) is 27.8 Å². The number of hydrogen-bond donors (Lipinski definition) is 0. The standard InChI is InChI=1S/C54H37NO/c1-3-15-39(16-4-1)45-19-7-9-21-47(45)49-23-11-12-24-50(49)48-22-10-8-20-46(48)40-29-34-44(35-30-40)55(42-17-5-2-6-18-42)43-32-27-38(28-33-43)41-31-36-52-51-25-13-14-26-53(51)56-54(52)37-41/h1-37H. The van der Waals surface area contributed by atoms with Crippen LogP contribution in [0.4, 0.5) is 17.1 Å². The van der Waals surface area contributed by atoms with Gasteiger partial charge in [0.15, 0.2) is 0 Å². The molecule has 0 aliphatic rings. The van der Waals surface area contributed by atoms with E-state index in [0.717, 1.165) is 50.1 Å². The van der Waals surface area contributed by atoms with Crippen LogP contribution in [0.5, 0.6) is 0 Å². The Hall–Kier alpha value is -7.42. The van der Waals surface area contributed by atoms with Crippen LogP contribution in [0, 0.1) is 0 Å². The Bertz CT molecular complexity index is 2940. The quantitative estimate of drug-likeness (QED) is 0.156. The third-order valence-electron chi connectivity index (χ3n) is 10.7. The normalized spacial score (nSPS) is 11.2. The molecule has 0 aliphatic heterocycles. The molecule has 0 bridgehead atoms. The van der Waals surface area contributed by atoms with E-state index in [-0.39, 0.29) is 0 Å². The van der Waals surface area contributed by atoms with Gasteiger partial charge in [-0.05, 0) is 110 Å². The zero-order chi connectivity index (χ0) is 37.3. The summed E-state index contributed by atoms with van der Waals surface area (Å²) in [5.41, 5.74) is 17.0. The smallest absolute Gasteiger partial charge is 0.136 e. The summed E-state index contributed by atoms with van der Waals surface area (Å²) in [5, 5.41) is 2.28. The number of rotatable bonds is 8. The van der Waals surface area contributed by atoms with Crippen LogP contribution >= 0.6 is 0 Å². The Morgan fingerprint density at radius 2 is 0.643 bits per heavy atom. The molecule has 1 heterocycles. The molecule has 10 aromatic rings. The largest absolute Gasteiger partial charge is 0.456 e. The topological polar surface area (TPSA) is 16.4 Å². The van der Waals surface area contributed by atoms with Gasteiger partial charge in [0.05, 0.1) is 0 Å². The second kappa shape index (κ2) is 14.4. The van der Waals surface area contributed by atoms with Crippen LogP contribution in [0.2, 0.25) is 0 Å². The third-order valence-corrected chi connectivity index (χ3v) is 10.7. The van der Waals surface area contributed by atoms with Gasteiger partial charge >= 0.3 is 0 Å². The molecule has 0 aliphatic carbocycles. The zero-order valence-corrected chi connectivity index (χ0v) is 30.7. The van der Waals surface area contributed by atoms with E-state index in [1.54, 1.807) is 0 Å². The van der Waals surface area contributed by atoms with Crippen LogP contribution in [0.1, 0.15) is 0 Å². The van der Waals surface area contributed by atoms with Gasteiger partial charge in [-0.15, -0.1) is 0 Å². The van der Waals surface area contributed by atoms with Crippen LogP contribution in [0.15, 0.2) is 229 Å². The van der Waals surface area contributed by atoms with Crippen LogP contribution < -0.4 is 4.90 Å². The number of benzene rings is 9. The fourth-order valence-corrected chi connectivity index (χ4v) is 8.03. The lowest BCUT2D eigenvalue weighted by molar-refractivity contribution is 0.669. The molecule has 10 rings (SSSR count). The molecule has 0 saturated heterocycles. The van der Waals surface area contributed by atoms with Crippen molar-refractivity contribution < 1.29 is 4.42 Å². The molecule has 0 unspecified atom stereocenters. The van der Waals surface area contributed by atoms with E-state index < -0.39 is 0 Å². The maximum Gasteiger partial charge on any atom is 0.136 e. The van der Waals surface area contributed by atoms with Crippen molar-refractivity contribution in [3.63, 3.8) is 0 Å². The van der Waals surface area contributed by atoms with Gasteiger partial charge in [-0.3, -0.25) is 0 Å². The van der Waals surface area contributed by atoms with Crippen molar-refractivity contribution in [1.29, 1.82) is 0 Å². The molecule has 0 atom stereocenters. The number of anilines is 3. The number of hydrogen-bond acceptors (Lipinski definition) is 2. The minimum atomic E-state index is 0.904. The molecule has 0 radical (unpaired) electrons. The lowest BCUT2D eigenvalue weighted by Crippen LogP contribution is -2.09. The molecule has 9 aromatic carbocycles. The fraction of sp³-hybridized carbons (Fsp3) is 0. The van der Waals surface area contributed by atoms with Crippen LogP contribution in [0.25, 0.3) is 77.6 Å². The van der Waals surface area contributed by atoms with Gasteiger partial charge in [0.25, 0.3) is 0 Å². The Balaban J connectivity index is 0.999. The van der Waals surface area contributed by atoms with Crippen LogP contribution in [-0.4, -0.2) is 0 Å². The van der Waals surface area contributed by atoms with E-state index in [0.29, 0.717) is 0 Å². The summed E-state index contributed by atoms with van der Waals surface area (Å²) in [6, 6.07) is 80.0. The molecule has 2 nitrogen and oxygen atoms in total. The van der Waals surface area contributed by atoms with Gasteiger partial charge in [-0.1, -0.05) is 170 Å². The van der Waals surface area contributed by atoms with Crippen molar-refractivity contribution >= 4 is 39.0 Å². The molecule has 0 N–H and O–H groups in total. The van der Waals surface area contributed by atoms with Crippen molar-refractivity contribution in [2.24, 2.45) is 0 Å². The monoisotopic (exact) mass is 715 g/mol. The number of para-hydroxylation sites is 2. The highest BCUT2D eigenvalue weighted by molar-refractivity contribution is 6.06. The predicted octanol–water partition coefficient (Wildman–Crippen LogP) is 15.4. The first kappa shape index (κ1) is 33.2. The van der Waals surface area contributed by atoms with Gasteiger partial charge in [0.1, 0.15) is 11.2 Å². The summed E-state index contributed by atoms with van der Waals surface area (Å²) in [6.07, 6.45) is 0. The highest BCUT2D eigenvalue weighted by Crippen LogP contribution is 2.43. The Labute approximate surface area is 327 Å². The Kier molecular flexibility index (Phi) is 8.55. The second-order valence-corrected chi connectivity index (χ2v) is 14.1. The highest BCUT2D eigenvalue weighted by Gasteiger charge is 2.17. The minimum Gasteiger partial charge on any atom is -0.456 e. The molecular formula is C54H37NO. The van der Waals surface area contributed by atoms with E-state index in [9.17, 15) is 0 Å². The van der Waals surface area contributed by atoms with Gasteiger partial charge in [0.2, 0.25) is 0 Å². The number of nitrogens with zero attached hydrogens (tertiary/aromatic N) is 1. The zero-order valence-electron chi connectivity index (χ0n) is 30.7. The molecule has 1 aromatic heterocycles. The maximum atomic E-state index is 6.21. The SMILES string of the molecule is c1ccc(-c2ccccc2-c2ccccc2-c2ccccc2-c2ccc(N(c3ccccc3)c3ccc(-c4ccc5c(c4)oc4ccccc45)cc3)cc2)cc1. The maximum absolute atomic E-state index is 6.21. The van der Waals surface area contributed by atoms with Crippen LogP contribution in [0.3, 0.4) is 0 Å². The lowest BCUT2D eigenvalue weighted by atomic mass is 9.87. The van der Waals surface area contributed by atoms with Gasteiger partial charge in [-0.25, -0.2) is 0 Å². The second-order valence-electron chi connectivity index (χ2n) is 14.1. The van der Waals surface area contributed by atoms with E-state index in [4.69, 9.17) is 4.42 Å². The highest BCUT2D eigenvalue weighted by atomic mass is 16.3. The van der Waals surface area contributed by atoms with Crippen molar-refractivity contribution in [3.8, 4) is 55.6 Å². The first-order chi connectivity index (χ1) is 27.8. The third kappa shape index (κ3) is 6.14. The molecule has 0 amide bonds. The summed E-state index contributed by atoms with van der Waals surface area (Å²) in [7, 11) is 0. The summed E-state index contributed by atoms with van der Waals surface area (Å²) in [4.78, 5) is 2.32. The van der Waals surface area contributed by atoms with Crippen molar-refractivity contribution in [3.05, 3.63) is 224 Å². The van der Waals surface area contributed by atoms with Crippen molar-refractivity contribution in [1.82, 2.24) is 0 Å². The summed E-state index contributed by atoms with van der Waals surface area (Å²) >= 11 is 0. The lowest BCUT2D eigenvalue weighted by Gasteiger charge is -2.26. The Morgan fingerprint density at radius 1 is 0.250 bits per heavy atom. The average Bonchev–Trinajstić information content (AvgIpc) is 3.66. The fourth-order valence-electron chi connectivity index (χ4n) is 8.03. The molecule has 0 spiro atoms. The van der Waals surface area contributed by atoms with Crippen molar-refractivity contribution in [2.45, 2.75) is 0 Å². The summed E-state index contributed by atoms with van der Waals surface area (Å²) in [6.45, 7) is 0. The van der Waals surface area contributed by atoms with E-state index in [1.165, 1.54) is 44.5 Å². The minimum absolute atomic E-state index is 0.904. The molecule has 56 heavy (non-hydrogen) atoms. The predicted molar refractivity (Wildman–Crippen MR) is 236 cm³/mol. The van der Waals surface area contributed by atoms with E-state index in [2.05, 4.69) is 217 Å². The average molecular weight is 716 g/mol. The molecule has 0 fully saturated rings. The van der Waals surface area contributed by atoms with E-state index in [1.807, 2.05) is 12.1 Å². The van der Waals surface area contributed by atoms with Crippen LogP contribution in [-0.2, 0) is 0 Å². The number of fused-ring (bicyclic) bond motifs is 3. The Morgan fingerprint density at radius 3 is 1.23 bits per heavy atom. The molecule has 2 heteroatoms. The van der Waals surface area contributed by atoms with Crippen molar-refractivity contribution in [2.75, 3.05) is 4.90 Å². The van der Waals surface area contributed by atoms with E-state index >= 15 is 0 Å². The molecule has 264 valence electrons. The molecular weight excluding hydrogens is 679 g/mol. The first-order valence-electron chi connectivity index (χ1n) is 19.1. The number of furan rings is 1. The first-order valence-corrected chi connectivity index (χ1v) is 19.1. The summed E-state index contributed by atoms with van der Waals surface area (Å²) < 4.78 is 6.21. The van der Waals surface area contributed by atoms with Gasteiger partial charge in [-0.2, -0.15) is 0 Å². The molecule has 0 saturated carbocycles.